The third-order valence-corrected chi connectivity index (χ3v) is 6.14. The standard InChI is InChI=1S/C20H19N5O2S2/c1-13(2)24-12-21-20-23-15(10-18(26)25(20)24)11-29-16-7-5-14(6-8-16)22-19(27)17-4-3-9-28-17/h3-10,12-13H,11H2,1-2H3,(H,22,27). The predicted octanol–water partition coefficient (Wildman–Crippen LogP) is 4.08. The van der Waals surface area contributed by atoms with Crippen molar-refractivity contribution >= 4 is 40.5 Å². The van der Waals surface area contributed by atoms with Gasteiger partial charge >= 0.3 is 0 Å². The molecule has 0 aliphatic heterocycles. The van der Waals surface area contributed by atoms with Crippen LogP contribution in [-0.2, 0) is 5.75 Å². The highest BCUT2D eigenvalue weighted by Gasteiger charge is 2.11. The van der Waals surface area contributed by atoms with Crippen molar-refractivity contribution in [1.82, 2.24) is 19.2 Å². The SMILES string of the molecule is CC(C)n1cnc2nc(CSc3ccc(NC(=O)c4cccs4)cc3)cc(=O)n21. The summed E-state index contributed by atoms with van der Waals surface area (Å²) >= 11 is 2.98. The van der Waals surface area contributed by atoms with Crippen LogP contribution in [0.2, 0.25) is 0 Å². The topological polar surface area (TPSA) is 81.3 Å². The molecular formula is C20H19N5O2S2. The van der Waals surface area contributed by atoms with E-state index in [0.29, 0.717) is 22.1 Å². The van der Waals surface area contributed by atoms with Crippen molar-refractivity contribution in [2.75, 3.05) is 5.32 Å². The van der Waals surface area contributed by atoms with Crippen molar-refractivity contribution in [3.05, 3.63) is 75.1 Å². The number of carbonyl (C=O) groups is 1. The maximum atomic E-state index is 12.5. The van der Waals surface area contributed by atoms with Gasteiger partial charge in [0.1, 0.15) is 6.33 Å². The van der Waals surface area contributed by atoms with E-state index in [2.05, 4.69) is 15.3 Å². The second-order valence-electron chi connectivity index (χ2n) is 6.66. The molecule has 1 amide bonds. The van der Waals surface area contributed by atoms with Crippen molar-refractivity contribution in [2.45, 2.75) is 30.5 Å². The second kappa shape index (κ2) is 8.22. The molecule has 0 fully saturated rings. The second-order valence-corrected chi connectivity index (χ2v) is 8.66. The quantitative estimate of drug-likeness (QED) is 0.471. The predicted molar refractivity (Wildman–Crippen MR) is 116 cm³/mol. The van der Waals surface area contributed by atoms with Gasteiger partial charge in [-0.1, -0.05) is 6.07 Å². The van der Waals surface area contributed by atoms with Crippen LogP contribution in [0.4, 0.5) is 5.69 Å². The zero-order chi connectivity index (χ0) is 20.4. The first-order chi connectivity index (χ1) is 14.0. The number of carbonyl (C=O) groups excluding carboxylic acids is 1. The van der Waals surface area contributed by atoms with Gasteiger partial charge in [0.05, 0.1) is 10.6 Å². The van der Waals surface area contributed by atoms with E-state index in [-0.39, 0.29) is 17.5 Å². The number of amides is 1. The van der Waals surface area contributed by atoms with Crippen molar-refractivity contribution in [1.29, 1.82) is 0 Å². The average Bonchev–Trinajstić information content (AvgIpc) is 3.37. The molecule has 0 atom stereocenters. The van der Waals surface area contributed by atoms with E-state index in [0.717, 1.165) is 10.6 Å². The summed E-state index contributed by atoms with van der Waals surface area (Å²) in [6.07, 6.45) is 1.63. The Morgan fingerprint density at radius 3 is 2.72 bits per heavy atom. The summed E-state index contributed by atoms with van der Waals surface area (Å²) < 4.78 is 3.26. The Morgan fingerprint density at radius 2 is 2.03 bits per heavy atom. The highest BCUT2D eigenvalue weighted by molar-refractivity contribution is 7.98. The van der Waals surface area contributed by atoms with Crippen LogP contribution in [-0.4, -0.2) is 25.1 Å². The number of rotatable bonds is 6. The number of nitrogens with zero attached hydrogens (tertiary/aromatic N) is 4. The van der Waals surface area contributed by atoms with Gasteiger partial charge in [-0.3, -0.25) is 14.3 Å². The Balaban J connectivity index is 1.42. The fourth-order valence-corrected chi connectivity index (χ4v) is 4.21. The molecule has 0 aliphatic carbocycles. The van der Waals surface area contributed by atoms with E-state index in [9.17, 15) is 9.59 Å². The van der Waals surface area contributed by atoms with Crippen LogP contribution in [0.1, 0.15) is 35.3 Å². The summed E-state index contributed by atoms with van der Waals surface area (Å²) in [6, 6.07) is 12.9. The van der Waals surface area contributed by atoms with Crippen LogP contribution in [0.25, 0.3) is 5.78 Å². The number of thioether (sulfide) groups is 1. The Labute approximate surface area is 175 Å². The largest absolute Gasteiger partial charge is 0.321 e. The molecule has 0 saturated heterocycles. The summed E-state index contributed by atoms with van der Waals surface area (Å²) in [5.74, 6) is 0.855. The van der Waals surface area contributed by atoms with Gasteiger partial charge in [0, 0.05) is 28.4 Å². The molecule has 0 unspecified atom stereocenters. The van der Waals surface area contributed by atoms with Gasteiger partial charge in [-0.15, -0.1) is 23.1 Å². The van der Waals surface area contributed by atoms with Crippen LogP contribution >= 0.6 is 23.1 Å². The van der Waals surface area contributed by atoms with Crippen molar-refractivity contribution in [2.24, 2.45) is 0 Å². The van der Waals surface area contributed by atoms with Crippen molar-refractivity contribution < 1.29 is 4.79 Å². The molecule has 0 saturated carbocycles. The van der Waals surface area contributed by atoms with E-state index in [1.165, 1.54) is 15.9 Å². The Kier molecular flexibility index (Phi) is 5.50. The smallest absolute Gasteiger partial charge is 0.274 e. The molecule has 4 rings (SSSR count). The maximum Gasteiger partial charge on any atom is 0.274 e. The summed E-state index contributed by atoms with van der Waals surface area (Å²) in [5, 5.41) is 4.75. The number of benzene rings is 1. The lowest BCUT2D eigenvalue weighted by Crippen LogP contribution is -2.22. The Morgan fingerprint density at radius 1 is 1.24 bits per heavy atom. The minimum absolute atomic E-state index is 0.112. The van der Waals surface area contributed by atoms with Gasteiger partial charge in [0.25, 0.3) is 17.2 Å². The zero-order valence-corrected chi connectivity index (χ0v) is 17.5. The van der Waals surface area contributed by atoms with Gasteiger partial charge in [-0.05, 0) is 49.6 Å². The molecule has 9 heteroatoms. The molecule has 0 bridgehead atoms. The van der Waals surface area contributed by atoms with Crippen LogP contribution in [0, 0.1) is 0 Å². The first-order valence-electron chi connectivity index (χ1n) is 9.05. The first kappa shape index (κ1) is 19.4. The lowest BCUT2D eigenvalue weighted by molar-refractivity contribution is 0.103. The highest BCUT2D eigenvalue weighted by atomic mass is 32.2. The van der Waals surface area contributed by atoms with E-state index >= 15 is 0 Å². The first-order valence-corrected chi connectivity index (χ1v) is 10.9. The molecule has 0 radical (unpaired) electrons. The van der Waals surface area contributed by atoms with Gasteiger partial charge in [-0.25, -0.2) is 4.98 Å². The minimum atomic E-state index is -0.136. The number of hydrogen-bond donors (Lipinski definition) is 1. The molecule has 148 valence electrons. The molecule has 1 aromatic carbocycles. The third kappa shape index (κ3) is 4.25. The van der Waals surface area contributed by atoms with Gasteiger partial charge in [-0.2, -0.15) is 9.50 Å². The lowest BCUT2D eigenvalue weighted by atomic mass is 10.3. The van der Waals surface area contributed by atoms with Crippen LogP contribution in [0.5, 0.6) is 0 Å². The molecule has 0 aliphatic rings. The summed E-state index contributed by atoms with van der Waals surface area (Å²) in [6.45, 7) is 3.98. The van der Waals surface area contributed by atoms with Gasteiger partial charge in [0.2, 0.25) is 0 Å². The lowest BCUT2D eigenvalue weighted by Gasteiger charge is -2.09. The summed E-state index contributed by atoms with van der Waals surface area (Å²) in [5.41, 5.74) is 1.29. The molecule has 3 heterocycles. The van der Waals surface area contributed by atoms with Crippen LogP contribution in [0.15, 0.2) is 63.9 Å². The van der Waals surface area contributed by atoms with Crippen LogP contribution in [0.3, 0.4) is 0 Å². The zero-order valence-electron chi connectivity index (χ0n) is 15.9. The van der Waals surface area contributed by atoms with E-state index < -0.39 is 0 Å². The fourth-order valence-electron chi connectivity index (χ4n) is 2.80. The normalized spacial score (nSPS) is 11.3. The highest BCUT2D eigenvalue weighted by Crippen LogP contribution is 2.24. The monoisotopic (exact) mass is 425 g/mol. The van der Waals surface area contributed by atoms with Gasteiger partial charge < -0.3 is 5.32 Å². The molecule has 1 N–H and O–H groups in total. The molecule has 7 nitrogen and oxygen atoms in total. The molecule has 29 heavy (non-hydrogen) atoms. The minimum Gasteiger partial charge on any atom is -0.321 e. The number of thiophene rings is 1. The third-order valence-electron chi connectivity index (χ3n) is 4.23. The molecule has 3 aromatic heterocycles. The van der Waals surface area contributed by atoms with Crippen LogP contribution < -0.4 is 10.9 Å². The van der Waals surface area contributed by atoms with Crippen molar-refractivity contribution in [3.63, 3.8) is 0 Å². The molecular weight excluding hydrogens is 406 g/mol. The van der Waals surface area contributed by atoms with Crippen molar-refractivity contribution in [3.8, 4) is 0 Å². The maximum absolute atomic E-state index is 12.5. The van der Waals surface area contributed by atoms with E-state index in [1.54, 1.807) is 34.9 Å². The number of aromatic nitrogens is 4. The van der Waals surface area contributed by atoms with E-state index in [4.69, 9.17) is 0 Å². The number of hydrogen-bond acceptors (Lipinski definition) is 6. The summed E-state index contributed by atoms with van der Waals surface area (Å²) in [4.78, 5) is 35.0. The fraction of sp³-hybridized carbons (Fsp3) is 0.200. The van der Waals surface area contributed by atoms with Gasteiger partial charge in [0.15, 0.2) is 0 Å². The molecule has 0 spiro atoms. The number of anilines is 1. The average molecular weight is 426 g/mol. The van der Waals surface area contributed by atoms with E-state index in [1.807, 2.05) is 49.6 Å². The Hall–Kier alpha value is -2.91. The molecule has 4 aromatic rings. The number of nitrogens with one attached hydrogen (secondary N) is 1. The number of fused-ring (bicyclic) bond motifs is 1. The summed E-state index contributed by atoms with van der Waals surface area (Å²) in [7, 11) is 0. The Bertz CT molecular complexity index is 1190.